The molecule has 29 heavy (non-hydrogen) atoms. The summed E-state index contributed by atoms with van der Waals surface area (Å²) >= 11 is 0. The van der Waals surface area contributed by atoms with E-state index in [0.717, 1.165) is 21.6 Å². The van der Waals surface area contributed by atoms with Gasteiger partial charge in [-0.05, 0) is 48.5 Å². The minimum absolute atomic E-state index is 0.286. The first-order valence-corrected chi connectivity index (χ1v) is 11.1. The van der Waals surface area contributed by atoms with Crippen LogP contribution in [0.25, 0.3) is 0 Å². The quantitative estimate of drug-likeness (QED) is 0.408. The van der Waals surface area contributed by atoms with Gasteiger partial charge in [0, 0.05) is 19.2 Å². The molecular weight excluding hydrogens is 383 g/mol. The van der Waals surface area contributed by atoms with E-state index < -0.39 is 7.41 Å². The van der Waals surface area contributed by atoms with E-state index in [1.807, 2.05) is 55.6 Å². The molecule has 0 unspecified atom stereocenters. The Kier molecular flexibility index (Phi) is 5.42. The zero-order chi connectivity index (χ0) is 20.3. The largest absolute Gasteiger partial charge is 0.237 e. The maximum Gasteiger partial charge on any atom is 0.202 e. The molecule has 0 radical (unpaired) electrons. The van der Waals surface area contributed by atoms with Crippen LogP contribution in [-0.2, 0) is 0 Å². The van der Waals surface area contributed by atoms with Crippen molar-refractivity contribution in [3.05, 3.63) is 121 Å². The summed E-state index contributed by atoms with van der Waals surface area (Å²) in [6.45, 7) is 0. The number of benzene rings is 4. The van der Waals surface area contributed by atoms with Crippen LogP contribution in [0.1, 0.15) is 0 Å². The Morgan fingerprint density at radius 1 is 0.552 bits per heavy atom. The third-order valence-electron chi connectivity index (χ3n) is 5.07. The summed E-state index contributed by atoms with van der Waals surface area (Å²) in [5.41, 5.74) is 0.746. The second-order valence-corrected chi connectivity index (χ2v) is 10.2. The minimum atomic E-state index is -2.49. The van der Waals surface area contributed by atoms with Gasteiger partial charge in [0.25, 0.3) is 0 Å². The fourth-order valence-corrected chi connectivity index (χ4v) is 8.01. The molecular formula is C25H21F2NP+. The van der Waals surface area contributed by atoms with E-state index in [4.69, 9.17) is 0 Å². The molecule has 0 heterocycles. The van der Waals surface area contributed by atoms with Crippen LogP contribution < -0.4 is 20.6 Å². The highest BCUT2D eigenvalue weighted by molar-refractivity contribution is 7.96. The Morgan fingerprint density at radius 3 is 1.55 bits per heavy atom. The van der Waals surface area contributed by atoms with Crippen molar-refractivity contribution in [2.24, 2.45) is 0 Å². The Balaban J connectivity index is 2.09. The average Bonchev–Trinajstić information content (AvgIpc) is 2.76. The summed E-state index contributed by atoms with van der Waals surface area (Å²) in [5.74, 6) is -0.584. The second-order valence-electron chi connectivity index (χ2n) is 6.79. The number of halogens is 2. The molecule has 4 heteroatoms. The summed E-state index contributed by atoms with van der Waals surface area (Å²) in [6, 6.07) is 33.5. The number of anilines is 1. The highest BCUT2D eigenvalue weighted by Crippen LogP contribution is 2.59. The van der Waals surface area contributed by atoms with Gasteiger partial charge in [-0.15, -0.1) is 0 Å². The van der Waals surface area contributed by atoms with E-state index in [-0.39, 0.29) is 11.6 Å². The molecule has 0 saturated carbocycles. The highest BCUT2D eigenvalue weighted by Gasteiger charge is 2.50. The van der Waals surface area contributed by atoms with Crippen LogP contribution in [0.4, 0.5) is 14.5 Å². The van der Waals surface area contributed by atoms with Crippen molar-refractivity contribution in [3.63, 3.8) is 0 Å². The molecule has 0 saturated heterocycles. The molecule has 0 aliphatic heterocycles. The van der Waals surface area contributed by atoms with Gasteiger partial charge in [0.05, 0.1) is 5.69 Å². The monoisotopic (exact) mass is 404 g/mol. The molecule has 0 aliphatic carbocycles. The van der Waals surface area contributed by atoms with E-state index in [9.17, 15) is 8.78 Å². The summed E-state index contributed by atoms with van der Waals surface area (Å²) in [6.07, 6.45) is 0. The maximum atomic E-state index is 14.4. The summed E-state index contributed by atoms with van der Waals surface area (Å²) in [5, 5.41) is 3.02. The molecule has 1 nitrogen and oxygen atoms in total. The van der Waals surface area contributed by atoms with Crippen LogP contribution in [0.5, 0.6) is 0 Å². The van der Waals surface area contributed by atoms with Crippen molar-refractivity contribution in [1.82, 2.24) is 0 Å². The zero-order valence-electron chi connectivity index (χ0n) is 16.0. The predicted molar refractivity (Wildman–Crippen MR) is 120 cm³/mol. The van der Waals surface area contributed by atoms with E-state index in [0.29, 0.717) is 0 Å². The molecule has 4 aromatic rings. The Bertz CT molecular complexity index is 1060. The molecule has 0 spiro atoms. The predicted octanol–water partition coefficient (Wildman–Crippen LogP) is 5.31. The van der Waals surface area contributed by atoms with Gasteiger partial charge in [0.2, 0.25) is 7.41 Å². The lowest BCUT2D eigenvalue weighted by atomic mass is 10.3. The molecule has 0 aliphatic rings. The summed E-state index contributed by atoms with van der Waals surface area (Å²) in [7, 11) is -0.521. The third-order valence-corrected chi connectivity index (χ3v) is 9.32. The third kappa shape index (κ3) is 3.54. The zero-order valence-corrected chi connectivity index (χ0v) is 16.9. The van der Waals surface area contributed by atoms with Gasteiger partial charge in [0.15, 0.2) is 0 Å². The normalized spacial score (nSPS) is 11.3. The second kappa shape index (κ2) is 8.14. The smallest absolute Gasteiger partial charge is 0.202 e. The van der Waals surface area contributed by atoms with Crippen LogP contribution in [0.15, 0.2) is 109 Å². The highest BCUT2D eigenvalue weighted by atomic mass is 31.2. The molecule has 0 bridgehead atoms. The van der Waals surface area contributed by atoms with E-state index >= 15 is 0 Å². The lowest BCUT2D eigenvalue weighted by Gasteiger charge is -2.35. The molecule has 4 aromatic carbocycles. The first-order valence-electron chi connectivity index (χ1n) is 9.38. The maximum absolute atomic E-state index is 14.4. The fourth-order valence-electron chi connectivity index (χ4n) is 3.78. The van der Waals surface area contributed by atoms with Crippen LogP contribution in [0, 0.1) is 11.6 Å². The van der Waals surface area contributed by atoms with E-state index in [1.165, 1.54) is 18.2 Å². The fraction of sp³-hybridized carbons (Fsp3) is 0.0400. The molecule has 0 amide bonds. The van der Waals surface area contributed by atoms with E-state index in [1.54, 1.807) is 18.2 Å². The van der Waals surface area contributed by atoms with Gasteiger partial charge in [-0.25, -0.2) is 13.5 Å². The van der Waals surface area contributed by atoms with Gasteiger partial charge < -0.3 is 0 Å². The topological polar surface area (TPSA) is 3.24 Å². The Morgan fingerprint density at radius 2 is 1.03 bits per heavy atom. The van der Waals surface area contributed by atoms with Gasteiger partial charge in [0.1, 0.15) is 27.5 Å². The summed E-state index contributed by atoms with van der Waals surface area (Å²) in [4.78, 5) is 0. The number of nitrogens with zero attached hydrogens (tertiary/aromatic N) is 1. The van der Waals surface area contributed by atoms with Gasteiger partial charge in [-0.2, -0.15) is 0 Å². The van der Waals surface area contributed by atoms with Crippen LogP contribution in [-0.4, -0.2) is 7.05 Å². The van der Waals surface area contributed by atoms with Crippen LogP contribution >= 0.6 is 7.41 Å². The number of hydrogen-bond donors (Lipinski definition) is 0. The van der Waals surface area contributed by atoms with Crippen molar-refractivity contribution in [2.45, 2.75) is 0 Å². The van der Waals surface area contributed by atoms with Crippen molar-refractivity contribution < 1.29 is 8.78 Å². The summed E-state index contributed by atoms with van der Waals surface area (Å²) < 4.78 is 30.6. The molecule has 0 atom stereocenters. The van der Waals surface area contributed by atoms with Crippen molar-refractivity contribution >= 4 is 29.0 Å². The van der Waals surface area contributed by atoms with Gasteiger partial charge in [-0.3, -0.25) is 0 Å². The van der Waals surface area contributed by atoms with Gasteiger partial charge >= 0.3 is 0 Å². The van der Waals surface area contributed by atoms with Gasteiger partial charge in [-0.1, -0.05) is 48.5 Å². The molecule has 0 aromatic heterocycles. The number of rotatable bonds is 5. The Hall–Kier alpha value is -3.03. The minimum Gasteiger partial charge on any atom is -0.237 e. The lowest BCUT2D eigenvalue weighted by molar-refractivity contribution is 0.627. The van der Waals surface area contributed by atoms with E-state index in [2.05, 4.69) is 28.9 Å². The lowest BCUT2D eigenvalue weighted by Crippen LogP contribution is -2.42. The molecule has 4 rings (SSSR count). The average molecular weight is 404 g/mol. The standard InChI is InChI=1S/C25H21F2NP/c1-28(22-12-8-10-20(26)18-22)29(23-13-4-2-5-14-23,24-15-6-3-7-16-24)25-17-9-11-21(27)19-25/h2-19H,1H3/q+1. The van der Waals surface area contributed by atoms with Crippen molar-refractivity contribution in [1.29, 1.82) is 0 Å². The van der Waals surface area contributed by atoms with Crippen molar-refractivity contribution in [2.75, 3.05) is 11.7 Å². The van der Waals surface area contributed by atoms with Crippen molar-refractivity contribution in [3.8, 4) is 0 Å². The van der Waals surface area contributed by atoms with Crippen LogP contribution in [0.2, 0.25) is 0 Å². The first-order chi connectivity index (χ1) is 14.1. The molecule has 0 fully saturated rings. The van der Waals surface area contributed by atoms with Crippen LogP contribution in [0.3, 0.4) is 0 Å². The molecule has 144 valence electrons. The SMILES string of the molecule is CN(c1cccc(F)c1)[P+](c1ccccc1)(c1ccccc1)c1cccc(F)c1. The molecule has 0 N–H and O–H groups in total. The first kappa shape index (κ1) is 19.3. The Labute approximate surface area is 170 Å². The number of hydrogen-bond acceptors (Lipinski definition) is 1.